The van der Waals surface area contributed by atoms with Crippen LogP contribution in [-0.4, -0.2) is 53.9 Å². The van der Waals surface area contributed by atoms with Gasteiger partial charge in [0.15, 0.2) is 0 Å². The minimum absolute atomic E-state index is 0.198. The van der Waals surface area contributed by atoms with Crippen molar-refractivity contribution in [2.75, 3.05) is 6.61 Å². The van der Waals surface area contributed by atoms with Gasteiger partial charge in [-0.2, -0.15) is 8.42 Å². The summed E-state index contributed by atoms with van der Waals surface area (Å²) < 4.78 is 36.8. The summed E-state index contributed by atoms with van der Waals surface area (Å²) in [5.74, 6) is -0.294. The van der Waals surface area contributed by atoms with Gasteiger partial charge in [0.1, 0.15) is 12.2 Å². The topological polar surface area (TPSA) is 133 Å². The molecule has 0 aliphatic rings. The minimum Gasteiger partial charge on any atom is -0.394 e. The molecule has 0 fully saturated rings. The third kappa shape index (κ3) is 28.5. The molecule has 0 unspecified atom stereocenters. The van der Waals surface area contributed by atoms with Gasteiger partial charge < -0.3 is 15.5 Å². The van der Waals surface area contributed by atoms with Crippen LogP contribution in [0.5, 0.6) is 0 Å². The molecule has 4 N–H and O–H groups in total. The first-order valence-corrected chi connectivity index (χ1v) is 19.4. The summed E-state index contributed by atoms with van der Waals surface area (Å²) in [5.41, 5.74) is 0. The standard InChI is InChI=1S/C34H69NO7S/c1-3-5-7-9-11-13-15-17-19-21-23-25-27-29-33(37)35-31(30-36)34(38)32(42-43(39,40)41)28-26-24-22-20-18-16-14-12-10-8-6-4-2/h31-32,34,36,38H,3-30H2,1-2H3,(H,35,37)(H,39,40,41)/t31-,32+,34-/m0/s1. The Morgan fingerprint density at radius 3 is 1.33 bits per heavy atom. The van der Waals surface area contributed by atoms with Crippen LogP contribution < -0.4 is 5.32 Å². The Kier molecular flexibility index (Phi) is 29.4. The molecule has 1 amide bonds. The van der Waals surface area contributed by atoms with E-state index in [1.807, 2.05) is 0 Å². The second kappa shape index (κ2) is 29.9. The van der Waals surface area contributed by atoms with Crippen LogP contribution in [0.25, 0.3) is 0 Å². The Hall–Kier alpha value is -0.740. The molecule has 258 valence electrons. The maximum absolute atomic E-state index is 12.5. The summed E-state index contributed by atoms with van der Waals surface area (Å²) >= 11 is 0. The highest BCUT2D eigenvalue weighted by molar-refractivity contribution is 7.80. The number of hydrogen-bond donors (Lipinski definition) is 4. The van der Waals surface area contributed by atoms with Gasteiger partial charge in [-0.25, -0.2) is 4.18 Å². The number of amides is 1. The minimum atomic E-state index is -4.80. The van der Waals surface area contributed by atoms with Crippen molar-refractivity contribution in [3.63, 3.8) is 0 Å². The largest absolute Gasteiger partial charge is 0.397 e. The third-order valence-electron chi connectivity index (χ3n) is 8.43. The zero-order valence-electron chi connectivity index (χ0n) is 27.9. The second-order valence-corrected chi connectivity index (χ2v) is 13.6. The first kappa shape index (κ1) is 42.3. The highest BCUT2D eigenvalue weighted by atomic mass is 32.3. The molecule has 0 bridgehead atoms. The second-order valence-electron chi connectivity index (χ2n) is 12.6. The van der Waals surface area contributed by atoms with Gasteiger partial charge in [0, 0.05) is 6.42 Å². The van der Waals surface area contributed by atoms with E-state index in [0.717, 1.165) is 38.5 Å². The van der Waals surface area contributed by atoms with E-state index in [4.69, 9.17) is 4.18 Å². The Morgan fingerprint density at radius 1 is 0.628 bits per heavy atom. The van der Waals surface area contributed by atoms with Crippen LogP contribution >= 0.6 is 0 Å². The summed E-state index contributed by atoms with van der Waals surface area (Å²) in [4.78, 5) is 12.5. The number of carbonyl (C=O) groups is 1. The quantitative estimate of drug-likeness (QED) is 0.0419. The Morgan fingerprint density at radius 2 is 0.977 bits per heavy atom. The number of hydrogen-bond acceptors (Lipinski definition) is 6. The fraction of sp³-hybridized carbons (Fsp3) is 0.971. The Bertz CT molecular complexity index is 720. The van der Waals surface area contributed by atoms with E-state index in [1.165, 1.54) is 116 Å². The van der Waals surface area contributed by atoms with Crippen molar-refractivity contribution in [3.8, 4) is 0 Å². The van der Waals surface area contributed by atoms with Crippen LogP contribution in [0.2, 0.25) is 0 Å². The fourth-order valence-corrected chi connectivity index (χ4v) is 6.22. The lowest BCUT2D eigenvalue weighted by Gasteiger charge is -2.28. The van der Waals surface area contributed by atoms with E-state index in [0.29, 0.717) is 6.42 Å². The van der Waals surface area contributed by atoms with Crippen LogP contribution in [0.15, 0.2) is 0 Å². The molecule has 3 atom stereocenters. The molecular formula is C34H69NO7S. The van der Waals surface area contributed by atoms with Crippen LogP contribution in [0, 0.1) is 0 Å². The molecule has 0 heterocycles. The SMILES string of the molecule is CCCCCCCCCCCCCCCC(=O)N[C@@H](CO)[C@H](O)[C@@H](CCCCCCCCCCCCCC)OS(=O)(=O)O. The van der Waals surface area contributed by atoms with Crippen molar-refractivity contribution in [2.45, 2.75) is 205 Å². The lowest BCUT2D eigenvalue weighted by Crippen LogP contribution is -2.51. The Labute approximate surface area is 265 Å². The van der Waals surface area contributed by atoms with Crippen molar-refractivity contribution in [1.29, 1.82) is 0 Å². The normalized spacial score (nSPS) is 14.1. The van der Waals surface area contributed by atoms with Crippen molar-refractivity contribution < 1.29 is 32.2 Å². The molecule has 0 aliphatic carbocycles. The maximum atomic E-state index is 12.5. The zero-order chi connectivity index (χ0) is 32.0. The van der Waals surface area contributed by atoms with Crippen LogP contribution in [0.4, 0.5) is 0 Å². The highest BCUT2D eigenvalue weighted by Gasteiger charge is 2.32. The van der Waals surface area contributed by atoms with Gasteiger partial charge in [0.25, 0.3) is 0 Å². The van der Waals surface area contributed by atoms with E-state index in [1.54, 1.807) is 0 Å². The molecule has 0 saturated carbocycles. The van der Waals surface area contributed by atoms with Crippen molar-refractivity contribution in [2.24, 2.45) is 0 Å². The fourth-order valence-electron chi connectivity index (χ4n) is 5.70. The van der Waals surface area contributed by atoms with Gasteiger partial charge in [-0.3, -0.25) is 9.35 Å². The molecule has 0 rings (SSSR count). The number of rotatable bonds is 33. The Balaban J connectivity index is 4.18. The number of unbranched alkanes of at least 4 members (excludes halogenated alkanes) is 23. The number of aliphatic hydroxyl groups is 2. The summed E-state index contributed by atoms with van der Waals surface area (Å²) in [6, 6.07) is -1.07. The number of nitrogens with one attached hydrogen (secondary N) is 1. The van der Waals surface area contributed by atoms with E-state index in [2.05, 4.69) is 19.2 Å². The van der Waals surface area contributed by atoms with Gasteiger partial charge >= 0.3 is 10.4 Å². The molecule has 0 spiro atoms. The summed E-state index contributed by atoms with van der Waals surface area (Å²) in [6.07, 6.45) is 27.3. The molecule has 0 aromatic carbocycles. The van der Waals surface area contributed by atoms with Crippen LogP contribution in [-0.2, 0) is 19.4 Å². The lowest BCUT2D eigenvalue weighted by atomic mass is 9.99. The van der Waals surface area contributed by atoms with Crippen molar-refractivity contribution in [3.05, 3.63) is 0 Å². The molecule has 0 aliphatic heterocycles. The number of aliphatic hydroxyl groups excluding tert-OH is 2. The zero-order valence-corrected chi connectivity index (χ0v) is 28.7. The third-order valence-corrected chi connectivity index (χ3v) is 8.92. The average molecular weight is 636 g/mol. The van der Waals surface area contributed by atoms with E-state index in [-0.39, 0.29) is 18.7 Å². The number of carbonyl (C=O) groups excluding carboxylic acids is 1. The molecular weight excluding hydrogens is 566 g/mol. The maximum Gasteiger partial charge on any atom is 0.397 e. The van der Waals surface area contributed by atoms with Gasteiger partial charge in [-0.15, -0.1) is 0 Å². The smallest absolute Gasteiger partial charge is 0.394 e. The molecule has 0 aromatic rings. The average Bonchev–Trinajstić information content (AvgIpc) is 2.97. The first-order chi connectivity index (χ1) is 20.7. The predicted octanol–water partition coefficient (Wildman–Crippen LogP) is 8.58. The van der Waals surface area contributed by atoms with Gasteiger partial charge in [0.05, 0.1) is 12.6 Å². The predicted molar refractivity (Wildman–Crippen MR) is 177 cm³/mol. The molecule has 9 heteroatoms. The van der Waals surface area contributed by atoms with Crippen LogP contribution in [0.3, 0.4) is 0 Å². The van der Waals surface area contributed by atoms with E-state index >= 15 is 0 Å². The summed E-state index contributed by atoms with van der Waals surface area (Å²) in [6.45, 7) is 3.91. The molecule has 0 radical (unpaired) electrons. The molecule has 43 heavy (non-hydrogen) atoms. The molecule has 0 saturated heterocycles. The van der Waals surface area contributed by atoms with Crippen molar-refractivity contribution >= 4 is 16.3 Å². The van der Waals surface area contributed by atoms with Crippen LogP contribution in [0.1, 0.15) is 187 Å². The molecule has 8 nitrogen and oxygen atoms in total. The summed E-state index contributed by atoms with van der Waals surface area (Å²) in [5, 5.41) is 23.2. The highest BCUT2D eigenvalue weighted by Crippen LogP contribution is 2.18. The first-order valence-electron chi connectivity index (χ1n) is 18.0. The summed E-state index contributed by atoms with van der Waals surface area (Å²) in [7, 11) is -4.80. The van der Waals surface area contributed by atoms with Gasteiger partial charge in [-0.1, -0.05) is 168 Å². The lowest BCUT2D eigenvalue weighted by molar-refractivity contribution is -0.124. The van der Waals surface area contributed by atoms with E-state index < -0.39 is 35.3 Å². The van der Waals surface area contributed by atoms with Gasteiger partial charge in [0.2, 0.25) is 5.91 Å². The van der Waals surface area contributed by atoms with Crippen molar-refractivity contribution in [1.82, 2.24) is 5.32 Å². The monoisotopic (exact) mass is 635 g/mol. The van der Waals surface area contributed by atoms with E-state index in [9.17, 15) is 28.0 Å². The van der Waals surface area contributed by atoms with Gasteiger partial charge in [-0.05, 0) is 12.8 Å². The molecule has 0 aromatic heterocycles.